The van der Waals surface area contributed by atoms with Crippen LogP contribution in [0.4, 0.5) is 5.69 Å². The average molecular weight is 208 g/mol. The van der Waals surface area contributed by atoms with E-state index in [2.05, 4.69) is 16.6 Å². The summed E-state index contributed by atoms with van der Waals surface area (Å²) in [6.07, 6.45) is 1.12. The van der Waals surface area contributed by atoms with Crippen LogP contribution in [0, 0.1) is 0 Å². The quantitative estimate of drug-likeness (QED) is 0.245. The first-order chi connectivity index (χ1) is 6.70. The van der Waals surface area contributed by atoms with Crippen molar-refractivity contribution in [3.05, 3.63) is 51.9 Å². The molecule has 1 rings (SSSR count). The molecule has 0 saturated heterocycles. The first-order valence-corrected chi connectivity index (χ1v) is 4.09. The largest absolute Gasteiger partial charge is 0.289 e. The van der Waals surface area contributed by atoms with Gasteiger partial charge in [0.1, 0.15) is 0 Å². The molecule has 0 aliphatic heterocycles. The molecule has 5 heteroatoms. The normalized spacial score (nSPS) is 8.93. The van der Waals surface area contributed by atoms with Crippen LogP contribution in [-0.2, 0) is 0 Å². The minimum absolute atomic E-state index is 0.182. The Morgan fingerprint density at radius 3 is 2.93 bits per heavy atom. The topological polar surface area (TPSA) is 65.8 Å². The molecule has 0 N–H and O–H groups in total. The summed E-state index contributed by atoms with van der Waals surface area (Å²) in [7, 11) is 0. The van der Waals surface area contributed by atoms with E-state index in [1.54, 1.807) is 12.1 Å². The Labute approximate surface area is 85.4 Å². The molecule has 0 amide bonds. The zero-order valence-electron chi connectivity index (χ0n) is 7.14. The van der Waals surface area contributed by atoms with Gasteiger partial charge >= 0.3 is 0 Å². The van der Waals surface area contributed by atoms with E-state index >= 15 is 0 Å². The molecule has 1 aromatic rings. The molecule has 0 radical (unpaired) electrons. The third kappa shape index (κ3) is 1.93. The lowest BCUT2D eigenvalue weighted by Gasteiger charge is -2.02. The highest BCUT2D eigenvalue weighted by Crippen LogP contribution is 2.27. The van der Waals surface area contributed by atoms with E-state index in [-0.39, 0.29) is 22.1 Å². The Morgan fingerprint density at radius 1 is 1.64 bits per heavy atom. The number of carbonyl (C=O) groups excluding carboxylic acids is 1. The van der Waals surface area contributed by atoms with E-state index in [1.807, 2.05) is 0 Å². The lowest BCUT2D eigenvalue weighted by Crippen LogP contribution is -1.95. The molecule has 0 heterocycles. The average Bonchev–Trinajstić information content (AvgIpc) is 2.18. The van der Waals surface area contributed by atoms with Crippen LogP contribution in [0.15, 0.2) is 36.0 Å². The van der Waals surface area contributed by atoms with E-state index < -0.39 is 0 Å². The van der Waals surface area contributed by atoms with Gasteiger partial charge in [0, 0.05) is 4.91 Å². The highest BCUT2D eigenvalue weighted by atomic mass is 35.5. The van der Waals surface area contributed by atoms with Crippen molar-refractivity contribution in [1.29, 1.82) is 0 Å². The Kier molecular flexibility index (Phi) is 3.29. The third-order valence-electron chi connectivity index (χ3n) is 1.58. The van der Waals surface area contributed by atoms with Crippen LogP contribution in [0.2, 0.25) is 5.02 Å². The molecular weight excluding hydrogens is 202 g/mol. The number of hydrogen-bond acceptors (Lipinski definition) is 2. The van der Waals surface area contributed by atoms with Gasteiger partial charge in [0.2, 0.25) is 0 Å². The number of rotatable bonds is 3. The van der Waals surface area contributed by atoms with E-state index in [1.165, 1.54) is 6.07 Å². The van der Waals surface area contributed by atoms with Gasteiger partial charge in [0.05, 0.1) is 16.3 Å². The molecule has 4 nitrogen and oxygen atoms in total. The van der Waals surface area contributed by atoms with Crippen LogP contribution < -0.4 is 0 Å². The van der Waals surface area contributed by atoms with Crippen LogP contribution in [0.1, 0.15) is 10.4 Å². The third-order valence-corrected chi connectivity index (χ3v) is 1.89. The van der Waals surface area contributed by atoms with Crippen molar-refractivity contribution in [2.24, 2.45) is 5.11 Å². The van der Waals surface area contributed by atoms with Gasteiger partial charge in [0.15, 0.2) is 5.78 Å². The van der Waals surface area contributed by atoms with Crippen molar-refractivity contribution in [3.8, 4) is 0 Å². The maximum Gasteiger partial charge on any atom is 0.187 e. The maximum atomic E-state index is 11.3. The van der Waals surface area contributed by atoms with Gasteiger partial charge in [-0.15, -0.1) is 0 Å². The molecule has 14 heavy (non-hydrogen) atoms. The summed E-state index contributed by atoms with van der Waals surface area (Å²) in [6, 6.07) is 4.67. The van der Waals surface area contributed by atoms with Gasteiger partial charge in [-0.05, 0) is 17.7 Å². The van der Waals surface area contributed by atoms with Gasteiger partial charge < -0.3 is 0 Å². The molecule has 0 unspecified atom stereocenters. The van der Waals surface area contributed by atoms with Gasteiger partial charge in [0.25, 0.3) is 0 Å². The number of nitrogens with zero attached hydrogens (tertiary/aromatic N) is 3. The van der Waals surface area contributed by atoms with Crippen LogP contribution in [0.3, 0.4) is 0 Å². The number of azide groups is 1. The summed E-state index contributed by atoms with van der Waals surface area (Å²) in [6.45, 7) is 3.34. The van der Waals surface area contributed by atoms with Crippen molar-refractivity contribution in [3.63, 3.8) is 0 Å². The van der Waals surface area contributed by atoms with Gasteiger partial charge in [-0.2, -0.15) is 0 Å². The minimum atomic E-state index is -0.363. The summed E-state index contributed by atoms with van der Waals surface area (Å²) >= 11 is 5.79. The van der Waals surface area contributed by atoms with Gasteiger partial charge in [-0.25, -0.2) is 0 Å². The Morgan fingerprint density at radius 2 is 2.36 bits per heavy atom. The summed E-state index contributed by atoms with van der Waals surface area (Å²) in [5.41, 5.74) is 8.66. The summed E-state index contributed by atoms with van der Waals surface area (Å²) in [5, 5.41) is 3.61. The number of halogens is 1. The van der Waals surface area contributed by atoms with E-state index in [9.17, 15) is 4.79 Å². The highest BCUT2D eigenvalue weighted by molar-refractivity contribution is 6.35. The van der Waals surface area contributed by atoms with Crippen molar-refractivity contribution < 1.29 is 4.79 Å². The summed E-state index contributed by atoms with van der Waals surface area (Å²) in [4.78, 5) is 13.9. The Balaban J connectivity index is 3.43. The number of benzene rings is 1. The molecule has 1 aromatic carbocycles. The Bertz CT molecular complexity index is 436. The molecule has 0 aliphatic carbocycles. The van der Waals surface area contributed by atoms with Gasteiger partial charge in [-0.3, -0.25) is 4.79 Å². The lowest BCUT2D eigenvalue weighted by molar-refractivity contribution is 0.104. The standard InChI is InChI=1S/C9H6ClN3O/c1-2-8(14)9-6(10)4-3-5-7(9)12-13-11/h2-5H,1H2. The van der Waals surface area contributed by atoms with Crippen LogP contribution in [-0.4, -0.2) is 5.78 Å². The van der Waals surface area contributed by atoms with E-state index in [0.29, 0.717) is 0 Å². The first-order valence-electron chi connectivity index (χ1n) is 3.71. The number of ketones is 1. The van der Waals surface area contributed by atoms with Crippen LogP contribution >= 0.6 is 11.6 Å². The second-order valence-electron chi connectivity index (χ2n) is 2.39. The molecule has 0 aliphatic rings. The summed E-state index contributed by atoms with van der Waals surface area (Å²) in [5.74, 6) is -0.363. The van der Waals surface area contributed by atoms with Crippen molar-refractivity contribution >= 4 is 23.1 Å². The molecule has 0 spiro atoms. The fourth-order valence-corrected chi connectivity index (χ4v) is 1.25. The predicted molar refractivity (Wildman–Crippen MR) is 54.8 cm³/mol. The fourth-order valence-electron chi connectivity index (χ4n) is 0.990. The molecular formula is C9H6ClN3O. The van der Waals surface area contributed by atoms with Crippen LogP contribution in [0.5, 0.6) is 0 Å². The van der Waals surface area contributed by atoms with Gasteiger partial charge in [-0.1, -0.05) is 35.4 Å². The Hall–Kier alpha value is -1.77. The molecule has 0 bridgehead atoms. The second kappa shape index (κ2) is 4.46. The number of hydrogen-bond donors (Lipinski definition) is 0. The molecule has 70 valence electrons. The fraction of sp³-hybridized carbons (Fsp3) is 0. The van der Waals surface area contributed by atoms with E-state index in [0.717, 1.165) is 6.08 Å². The molecule has 0 saturated carbocycles. The minimum Gasteiger partial charge on any atom is -0.289 e. The monoisotopic (exact) mass is 207 g/mol. The first kappa shape index (κ1) is 10.3. The van der Waals surface area contributed by atoms with Crippen LogP contribution in [0.25, 0.3) is 10.4 Å². The highest BCUT2D eigenvalue weighted by Gasteiger charge is 2.10. The lowest BCUT2D eigenvalue weighted by atomic mass is 10.1. The second-order valence-corrected chi connectivity index (χ2v) is 2.80. The molecule has 0 atom stereocenters. The molecule has 0 fully saturated rings. The van der Waals surface area contributed by atoms with Crippen molar-refractivity contribution in [2.75, 3.05) is 0 Å². The number of allylic oxidation sites excluding steroid dienone is 1. The zero-order valence-corrected chi connectivity index (χ0v) is 7.90. The zero-order chi connectivity index (χ0) is 10.6. The molecule has 0 aromatic heterocycles. The van der Waals surface area contributed by atoms with E-state index in [4.69, 9.17) is 17.1 Å². The summed E-state index contributed by atoms with van der Waals surface area (Å²) < 4.78 is 0. The van der Waals surface area contributed by atoms with Crippen molar-refractivity contribution in [1.82, 2.24) is 0 Å². The number of carbonyl (C=O) groups is 1. The smallest absolute Gasteiger partial charge is 0.187 e. The SMILES string of the molecule is C=CC(=O)c1c(Cl)cccc1N=[N+]=[N-]. The van der Waals surface area contributed by atoms with Crippen molar-refractivity contribution in [2.45, 2.75) is 0 Å². The maximum absolute atomic E-state index is 11.3. The predicted octanol–water partition coefficient (Wildman–Crippen LogP) is 3.65.